The number of aromatic nitrogens is 3. The maximum absolute atomic E-state index is 12.3. The Kier molecular flexibility index (Phi) is 5.83. The molecule has 8 heteroatoms. The van der Waals surface area contributed by atoms with Crippen molar-refractivity contribution in [3.63, 3.8) is 0 Å². The molecule has 3 aromatic rings. The quantitative estimate of drug-likeness (QED) is 0.645. The van der Waals surface area contributed by atoms with Gasteiger partial charge in [-0.25, -0.2) is 0 Å². The van der Waals surface area contributed by atoms with Gasteiger partial charge in [0.15, 0.2) is 23.9 Å². The van der Waals surface area contributed by atoms with Crippen LogP contribution in [0.4, 0.5) is 5.69 Å². The van der Waals surface area contributed by atoms with Gasteiger partial charge in [0, 0.05) is 30.3 Å². The van der Waals surface area contributed by atoms with E-state index in [2.05, 4.69) is 20.1 Å². The minimum absolute atomic E-state index is 0.115. The Hall–Kier alpha value is -3.55. The molecule has 0 saturated carbocycles. The number of hydrogen-bond acceptors (Lipinski definition) is 6. The van der Waals surface area contributed by atoms with E-state index in [1.165, 1.54) is 0 Å². The second-order valence-electron chi connectivity index (χ2n) is 6.98. The molecular weight excluding hydrogens is 384 g/mol. The van der Waals surface area contributed by atoms with E-state index < -0.39 is 0 Å². The van der Waals surface area contributed by atoms with E-state index in [-0.39, 0.29) is 12.5 Å². The van der Waals surface area contributed by atoms with Crippen molar-refractivity contribution in [3.8, 4) is 28.6 Å². The lowest BCUT2D eigenvalue weighted by atomic mass is 10.1. The van der Waals surface area contributed by atoms with Crippen LogP contribution in [0.15, 0.2) is 42.5 Å². The van der Waals surface area contributed by atoms with E-state index in [9.17, 15) is 4.79 Å². The van der Waals surface area contributed by atoms with Gasteiger partial charge in [-0.15, -0.1) is 10.2 Å². The second kappa shape index (κ2) is 8.86. The summed E-state index contributed by atoms with van der Waals surface area (Å²) < 4.78 is 18.3. The fourth-order valence-electron chi connectivity index (χ4n) is 3.51. The van der Waals surface area contributed by atoms with E-state index in [4.69, 9.17) is 14.2 Å². The van der Waals surface area contributed by atoms with Gasteiger partial charge in [-0.05, 0) is 37.1 Å². The highest BCUT2D eigenvalue weighted by Crippen LogP contribution is 2.30. The Labute approximate surface area is 174 Å². The number of hydrogen-bond donors (Lipinski definition) is 1. The molecule has 156 valence electrons. The maximum atomic E-state index is 12.3. The minimum atomic E-state index is -0.271. The molecule has 0 aliphatic carbocycles. The van der Waals surface area contributed by atoms with Crippen molar-refractivity contribution < 1.29 is 19.0 Å². The fraction of sp³-hybridized carbons (Fsp3) is 0.318. The van der Waals surface area contributed by atoms with Crippen LogP contribution in [0.1, 0.15) is 18.7 Å². The van der Waals surface area contributed by atoms with Gasteiger partial charge in [0.05, 0.1) is 14.2 Å². The number of carbonyl (C=O) groups excluding carboxylic acids is 1. The van der Waals surface area contributed by atoms with Crippen LogP contribution in [0.2, 0.25) is 0 Å². The Balaban J connectivity index is 1.40. The molecule has 4 rings (SSSR count). The summed E-state index contributed by atoms with van der Waals surface area (Å²) in [5, 5.41) is 11.4. The van der Waals surface area contributed by atoms with E-state index in [0.29, 0.717) is 22.9 Å². The number of carbonyl (C=O) groups is 1. The van der Waals surface area contributed by atoms with Crippen LogP contribution in [0.5, 0.6) is 17.2 Å². The molecule has 1 aromatic heterocycles. The van der Waals surface area contributed by atoms with Gasteiger partial charge in [-0.3, -0.25) is 4.79 Å². The molecule has 1 amide bonds. The first-order valence-corrected chi connectivity index (χ1v) is 9.85. The summed E-state index contributed by atoms with van der Waals surface area (Å²) in [5.41, 5.74) is 1.53. The summed E-state index contributed by atoms with van der Waals surface area (Å²) in [5.74, 6) is 3.33. The number of amides is 1. The van der Waals surface area contributed by atoms with Crippen molar-refractivity contribution in [1.29, 1.82) is 0 Å². The molecule has 0 fully saturated rings. The Morgan fingerprint density at radius 1 is 1.07 bits per heavy atom. The third-order valence-corrected chi connectivity index (χ3v) is 4.99. The first-order chi connectivity index (χ1) is 14.7. The number of rotatable bonds is 7. The van der Waals surface area contributed by atoms with Gasteiger partial charge in [0.2, 0.25) is 0 Å². The zero-order chi connectivity index (χ0) is 20.9. The lowest BCUT2D eigenvalue weighted by molar-refractivity contribution is -0.118. The van der Waals surface area contributed by atoms with Crippen LogP contribution < -0.4 is 19.5 Å². The molecule has 0 saturated heterocycles. The molecule has 0 unspecified atom stereocenters. The van der Waals surface area contributed by atoms with Crippen molar-refractivity contribution in [2.45, 2.75) is 25.8 Å². The number of nitrogens with one attached hydrogen (secondary N) is 1. The minimum Gasteiger partial charge on any atom is -0.493 e. The molecule has 0 radical (unpaired) electrons. The van der Waals surface area contributed by atoms with E-state index in [1.54, 1.807) is 32.4 Å². The topological polar surface area (TPSA) is 87.5 Å². The summed E-state index contributed by atoms with van der Waals surface area (Å²) in [6.45, 7) is 0.812. The molecule has 8 nitrogen and oxygen atoms in total. The highest BCUT2D eigenvalue weighted by Gasteiger charge is 2.17. The fourth-order valence-corrected chi connectivity index (χ4v) is 3.51. The number of fused-ring (bicyclic) bond motifs is 1. The van der Waals surface area contributed by atoms with Gasteiger partial charge >= 0.3 is 0 Å². The Morgan fingerprint density at radius 2 is 1.93 bits per heavy atom. The van der Waals surface area contributed by atoms with Crippen LogP contribution in [-0.4, -0.2) is 41.5 Å². The summed E-state index contributed by atoms with van der Waals surface area (Å²) in [4.78, 5) is 12.3. The average Bonchev–Trinajstić information content (AvgIpc) is 3.22. The van der Waals surface area contributed by atoms with Crippen molar-refractivity contribution in [1.82, 2.24) is 14.8 Å². The largest absolute Gasteiger partial charge is 0.493 e. The van der Waals surface area contributed by atoms with E-state index in [0.717, 1.165) is 43.0 Å². The first-order valence-electron chi connectivity index (χ1n) is 9.85. The lowest BCUT2D eigenvalue weighted by Gasteiger charge is -2.15. The first kappa shape index (κ1) is 19.8. The molecule has 1 aliphatic rings. The summed E-state index contributed by atoms with van der Waals surface area (Å²) in [7, 11) is 3.11. The molecule has 30 heavy (non-hydrogen) atoms. The number of aryl methyl sites for hydroxylation is 1. The zero-order valence-electron chi connectivity index (χ0n) is 17.1. The third-order valence-electron chi connectivity index (χ3n) is 4.99. The second-order valence-corrected chi connectivity index (χ2v) is 6.98. The summed E-state index contributed by atoms with van der Waals surface area (Å²) >= 11 is 0. The van der Waals surface area contributed by atoms with E-state index in [1.807, 2.05) is 24.3 Å². The molecule has 0 atom stereocenters. The van der Waals surface area contributed by atoms with Gasteiger partial charge < -0.3 is 24.1 Å². The monoisotopic (exact) mass is 408 g/mol. The Bertz CT molecular complexity index is 1050. The standard InChI is InChI=1S/C22H24N4O4/c1-28-18-10-9-16(13-19(18)29-2)23-21(27)14-30-17-7-5-6-15(12-17)22-25-24-20-8-3-4-11-26(20)22/h5-7,9-10,12-13H,3-4,8,11,14H2,1-2H3,(H,23,27). The van der Waals surface area contributed by atoms with Crippen LogP contribution in [0, 0.1) is 0 Å². The van der Waals surface area contributed by atoms with Crippen molar-refractivity contribution in [3.05, 3.63) is 48.3 Å². The molecular formula is C22H24N4O4. The number of anilines is 1. The highest BCUT2D eigenvalue weighted by molar-refractivity contribution is 5.92. The number of ether oxygens (including phenoxy) is 3. The lowest BCUT2D eigenvalue weighted by Crippen LogP contribution is -2.20. The average molecular weight is 408 g/mol. The Morgan fingerprint density at radius 3 is 2.77 bits per heavy atom. The number of methoxy groups -OCH3 is 2. The van der Waals surface area contributed by atoms with Crippen LogP contribution in [-0.2, 0) is 17.8 Å². The predicted molar refractivity (Wildman–Crippen MR) is 112 cm³/mol. The normalized spacial score (nSPS) is 12.7. The molecule has 0 bridgehead atoms. The zero-order valence-corrected chi connectivity index (χ0v) is 17.1. The molecule has 2 heterocycles. The van der Waals surface area contributed by atoms with Crippen LogP contribution in [0.3, 0.4) is 0 Å². The van der Waals surface area contributed by atoms with Crippen LogP contribution in [0.25, 0.3) is 11.4 Å². The third kappa shape index (κ3) is 4.22. The maximum Gasteiger partial charge on any atom is 0.262 e. The predicted octanol–water partition coefficient (Wildman–Crippen LogP) is 3.32. The molecule has 1 N–H and O–H groups in total. The highest BCUT2D eigenvalue weighted by atomic mass is 16.5. The molecule has 2 aromatic carbocycles. The van der Waals surface area contributed by atoms with E-state index >= 15 is 0 Å². The SMILES string of the molecule is COc1ccc(NC(=O)COc2cccc(-c3nnc4n3CCCC4)c2)cc1OC. The van der Waals surface area contributed by atoms with Gasteiger partial charge in [0.25, 0.3) is 5.91 Å². The summed E-state index contributed by atoms with van der Waals surface area (Å²) in [6.07, 6.45) is 3.24. The van der Waals surface area contributed by atoms with Crippen molar-refractivity contribution in [2.75, 3.05) is 26.1 Å². The number of nitrogens with zero attached hydrogens (tertiary/aromatic N) is 3. The van der Waals surface area contributed by atoms with Crippen molar-refractivity contribution >= 4 is 11.6 Å². The molecule has 0 spiro atoms. The number of benzene rings is 2. The van der Waals surface area contributed by atoms with Gasteiger partial charge in [0.1, 0.15) is 11.6 Å². The van der Waals surface area contributed by atoms with Crippen LogP contribution >= 0.6 is 0 Å². The van der Waals surface area contributed by atoms with Gasteiger partial charge in [-0.2, -0.15) is 0 Å². The smallest absolute Gasteiger partial charge is 0.262 e. The van der Waals surface area contributed by atoms with Crippen molar-refractivity contribution in [2.24, 2.45) is 0 Å². The molecule has 1 aliphatic heterocycles. The van der Waals surface area contributed by atoms with Gasteiger partial charge in [-0.1, -0.05) is 12.1 Å². The summed E-state index contributed by atoms with van der Waals surface area (Å²) in [6, 6.07) is 12.7.